The van der Waals surface area contributed by atoms with Crippen molar-refractivity contribution in [1.82, 2.24) is 4.90 Å². The van der Waals surface area contributed by atoms with Gasteiger partial charge in [0.25, 0.3) is 0 Å². The zero-order valence-corrected chi connectivity index (χ0v) is 13.2. The number of hydrogen-bond acceptors (Lipinski definition) is 4. The summed E-state index contributed by atoms with van der Waals surface area (Å²) in [6.45, 7) is 4.31. The molecule has 2 aliphatic heterocycles. The molecule has 2 N–H and O–H groups in total. The molecule has 0 spiro atoms. The number of fused-ring (bicyclic) bond motifs is 1. The Kier molecular flexibility index (Phi) is 4.48. The number of nitrogens with zero attached hydrogens (tertiary/aromatic N) is 1. The summed E-state index contributed by atoms with van der Waals surface area (Å²) < 4.78 is 12.5. The molecule has 2 heterocycles. The molecule has 1 fully saturated rings. The Morgan fingerprint density at radius 2 is 1.90 bits per heavy atom. The minimum atomic E-state index is 0.269. The van der Waals surface area contributed by atoms with Crippen LogP contribution in [0.1, 0.15) is 30.9 Å². The molecule has 1 atom stereocenters. The zero-order chi connectivity index (χ0) is 13.9. The van der Waals surface area contributed by atoms with Crippen molar-refractivity contribution in [2.24, 2.45) is 5.73 Å². The van der Waals surface area contributed by atoms with E-state index in [9.17, 15) is 0 Å². The lowest BCUT2D eigenvalue weighted by atomic mass is 10.0. The highest BCUT2D eigenvalue weighted by Crippen LogP contribution is 2.40. The van der Waals surface area contributed by atoms with Crippen LogP contribution in [-0.4, -0.2) is 37.7 Å². The smallest absolute Gasteiger partial charge is 0.175 e. The first-order valence-electron chi connectivity index (χ1n) is 7.33. The lowest BCUT2D eigenvalue weighted by molar-refractivity contribution is 0.250. The molecule has 1 aromatic carbocycles. The van der Waals surface area contributed by atoms with E-state index in [-0.39, 0.29) is 6.04 Å². The van der Waals surface area contributed by atoms with E-state index >= 15 is 0 Å². The molecule has 20 heavy (non-hydrogen) atoms. The average molecular weight is 341 g/mol. The van der Waals surface area contributed by atoms with Crippen molar-refractivity contribution in [3.8, 4) is 11.5 Å². The second-order valence-electron chi connectivity index (χ2n) is 5.38. The highest BCUT2D eigenvalue weighted by Gasteiger charge is 2.25. The maximum atomic E-state index is 6.01. The van der Waals surface area contributed by atoms with Gasteiger partial charge in [0.2, 0.25) is 0 Å². The summed E-state index contributed by atoms with van der Waals surface area (Å²) in [5.41, 5.74) is 7.23. The van der Waals surface area contributed by atoms with Crippen LogP contribution in [0, 0.1) is 0 Å². The molecule has 110 valence electrons. The molecule has 0 saturated carbocycles. The lowest BCUT2D eigenvalue weighted by Gasteiger charge is -2.27. The van der Waals surface area contributed by atoms with Gasteiger partial charge in [-0.3, -0.25) is 4.90 Å². The van der Waals surface area contributed by atoms with Crippen molar-refractivity contribution < 1.29 is 9.47 Å². The van der Waals surface area contributed by atoms with Crippen molar-refractivity contribution in [2.75, 3.05) is 32.8 Å². The number of rotatable bonds is 3. The van der Waals surface area contributed by atoms with E-state index in [1.807, 2.05) is 0 Å². The Hall–Kier alpha value is -0.780. The van der Waals surface area contributed by atoms with Crippen LogP contribution in [0.25, 0.3) is 0 Å². The normalized spacial score (nSPS) is 20.7. The van der Waals surface area contributed by atoms with Gasteiger partial charge in [-0.1, -0.05) is 0 Å². The van der Waals surface area contributed by atoms with Gasteiger partial charge in [0.05, 0.1) is 17.7 Å². The first kappa shape index (κ1) is 14.2. The van der Waals surface area contributed by atoms with Gasteiger partial charge in [-0.05, 0) is 59.6 Å². The zero-order valence-electron chi connectivity index (χ0n) is 11.6. The number of halogens is 1. The Morgan fingerprint density at radius 3 is 2.65 bits per heavy atom. The molecule has 1 saturated heterocycles. The van der Waals surface area contributed by atoms with Gasteiger partial charge in [-0.25, -0.2) is 0 Å². The van der Waals surface area contributed by atoms with Gasteiger partial charge in [-0.15, -0.1) is 0 Å². The van der Waals surface area contributed by atoms with E-state index in [1.165, 1.54) is 18.4 Å². The van der Waals surface area contributed by atoms with E-state index in [0.29, 0.717) is 19.8 Å². The van der Waals surface area contributed by atoms with Crippen LogP contribution in [0.3, 0.4) is 0 Å². The van der Waals surface area contributed by atoms with E-state index in [2.05, 4.69) is 33.0 Å². The Labute approximate surface area is 128 Å². The second kappa shape index (κ2) is 6.33. The highest BCUT2D eigenvalue weighted by atomic mass is 79.9. The molecule has 1 aromatic rings. The molecular formula is C15H21BrN2O2. The summed E-state index contributed by atoms with van der Waals surface area (Å²) in [6.07, 6.45) is 3.45. The predicted octanol–water partition coefficient (Wildman–Crippen LogP) is 2.71. The van der Waals surface area contributed by atoms with Crippen LogP contribution in [-0.2, 0) is 0 Å². The third kappa shape index (κ3) is 2.80. The molecule has 3 rings (SSSR count). The molecular weight excluding hydrogens is 320 g/mol. The number of ether oxygens (including phenoxy) is 2. The summed E-state index contributed by atoms with van der Waals surface area (Å²) in [6, 6.07) is 4.50. The van der Waals surface area contributed by atoms with Crippen LogP contribution in [0.15, 0.2) is 16.6 Å². The van der Waals surface area contributed by atoms with Crippen molar-refractivity contribution in [3.63, 3.8) is 0 Å². The molecule has 0 amide bonds. The standard InChI is InChI=1S/C15H21BrN2O2/c16-12-8-11(13(10-17)18-4-1-2-5-18)9-14-15(12)20-7-3-6-19-14/h8-9,13H,1-7,10,17H2. The molecule has 2 aliphatic rings. The average Bonchev–Trinajstić information content (AvgIpc) is 2.85. The van der Waals surface area contributed by atoms with E-state index in [1.54, 1.807) is 0 Å². The van der Waals surface area contributed by atoms with E-state index in [0.717, 1.165) is 35.5 Å². The summed E-state index contributed by atoms with van der Waals surface area (Å²) in [5.74, 6) is 1.66. The Morgan fingerprint density at radius 1 is 1.15 bits per heavy atom. The van der Waals surface area contributed by atoms with E-state index < -0.39 is 0 Å². The van der Waals surface area contributed by atoms with Crippen LogP contribution in [0.4, 0.5) is 0 Å². The minimum absolute atomic E-state index is 0.269. The summed E-state index contributed by atoms with van der Waals surface area (Å²) in [4.78, 5) is 2.46. The fraction of sp³-hybridized carbons (Fsp3) is 0.600. The minimum Gasteiger partial charge on any atom is -0.490 e. The lowest BCUT2D eigenvalue weighted by Crippen LogP contribution is -2.31. The molecule has 0 aromatic heterocycles. The number of benzene rings is 1. The summed E-state index contributed by atoms with van der Waals surface area (Å²) >= 11 is 3.61. The third-order valence-corrected chi connectivity index (χ3v) is 4.60. The van der Waals surface area contributed by atoms with Crippen molar-refractivity contribution in [2.45, 2.75) is 25.3 Å². The van der Waals surface area contributed by atoms with E-state index in [4.69, 9.17) is 15.2 Å². The molecule has 5 heteroatoms. The molecule has 0 bridgehead atoms. The van der Waals surface area contributed by atoms with Crippen molar-refractivity contribution >= 4 is 15.9 Å². The van der Waals surface area contributed by atoms with Crippen molar-refractivity contribution in [3.05, 3.63) is 22.2 Å². The number of likely N-dealkylation sites (tertiary alicyclic amines) is 1. The molecule has 1 unspecified atom stereocenters. The van der Waals surface area contributed by atoms with Crippen LogP contribution in [0.5, 0.6) is 11.5 Å². The maximum Gasteiger partial charge on any atom is 0.175 e. The van der Waals surface area contributed by atoms with Crippen LogP contribution >= 0.6 is 15.9 Å². The molecule has 0 aliphatic carbocycles. The first-order chi connectivity index (χ1) is 9.79. The number of hydrogen-bond donors (Lipinski definition) is 1. The maximum absolute atomic E-state index is 6.01. The van der Waals surface area contributed by atoms with Gasteiger partial charge in [0.15, 0.2) is 11.5 Å². The van der Waals surface area contributed by atoms with Crippen molar-refractivity contribution in [1.29, 1.82) is 0 Å². The molecule has 4 nitrogen and oxygen atoms in total. The highest BCUT2D eigenvalue weighted by molar-refractivity contribution is 9.10. The van der Waals surface area contributed by atoms with Crippen LogP contribution < -0.4 is 15.2 Å². The fourth-order valence-electron chi connectivity index (χ4n) is 2.99. The topological polar surface area (TPSA) is 47.7 Å². The monoisotopic (exact) mass is 340 g/mol. The quantitative estimate of drug-likeness (QED) is 0.918. The largest absolute Gasteiger partial charge is 0.490 e. The SMILES string of the molecule is NCC(c1cc(Br)c2c(c1)OCCCO2)N1CCCC1. The fourth-order valence-corrected chi connectivity index (χ4v) is 3.57. The molecule has 0 radical (unpaired) electrons. The van der Waals surface area contributed by atoms with Gasteiger partial charge < -0.3 is 15.2 Å². The predicted molar refractivity (Wildman–Crippen MR) is 82.4 cm³/mol. The van der Waals surface area contributed by atoms with Gasteiger partial charge in [0.1, 0.15) is 0 Å². The number of nitrogens with two attached hydrogens (primary N) is 1. The van der Waals surface area contributed by atoms with Gasteiger partial charge >= 0.3 is 0 Å². The first-order valence-corrected chi connectivity index (χ1v) is 8.12. The summed E-state index contributed by atoms with van der Waals surface area (Å²) in [5, 5.41) is 0. The van der Waals surface area contributed by atoms with Gasteiger partial charge in [0, 0.05) is 19.0 Å². The Balaban J connectivity index is 1.92. The van der Waals surface area contributed by atoms with Gasteiger partial charge in [-0.2, -0.15) is 0 Å². The Bertz CT molecular complexity index is 475. The van der Waals surface area contributed by atoms with Crippen LogP contribution in [0.2, 0.25) is 0 Å². The third-order valence-electron chi connectivity index (χ3n) is 4.01. The summed E-state index contributed by atoms with van der Waals surface area (Å²) in [7, 11) is 0. The second-order valence-corrected chi connectivity index (χ2v) is 6.23.